The van der Waals surface area contributed by atoms with E-state index in [0.717, 1.165) is 21.2 Å². The Morgan fingerprint density at radius 3 is 2.79 bits per heavy atom. The summed E-state index contributed by atoms with van der Waals surface area (Å²) in [5.74, 6) is -1.78. The van der Waals surface area contributed by atoms with Crippen molar-refractivity contribution in [1.82, 2.24) is 4.57 Å². The zero-order valence-corrected chi connectivity index (χ0v) is 15.6. The molecule has 0 saturated carbocycles. The summed E-state index contributed by atoms with van der Waals surface area (Å²) in [7, 11) is 1.52. The number of hydrogen-bond acceptors (Lipinski definition) is 4. The number of halogens is 3. The van der Waals surface area contributed by atoms with E-state index >= 15 is 0 Å². The fourth-order valence-corrected chi connectivity index (χ4v) is 4.54. The van der Waals surface area contributed by atoms with E-state index in [1.807, 2.05) is 0 Å². The largest absolute Gasteiger partial charge is 0.383 e. The van der Waals surface area contributed by atoms with Gasteiger partial charge in [-0.2, -0.15) is 4.99 Å². The standard InChI is InChI=1S/C15H11BrF2N2O2S2/c1-22-5-4-20-13-9(18)6-8(17)7-11(13)24-15(20)19-14(21)10-2-3-12(16)23-10/h2-3,6-7H,4-5H2,1H3. The average Bonchev–Trinajstić information content (AvgIpc) is 3.09. The van der Waals surface area contributed by atoms with Crippen molar-refractivity contribution in [2.24, 2.45) is 4.99 Å². The van der Waals surface area contributed by atoms with Gasteiger partial charge in [-0.1, -0.05) is 11.3 Å². The van der Waals surface area contributed by atoms with Crippen LogP contribution in [0.3, 0.4) is 0 Å². The highest BCUT2D eigenvalue weighted by molar-refractivity contribution is 9.11. The molecule has 0 aliphatic carbocycles. The Hall–Kier alpha value is -1.42. The minimum Gasteiger partial charge on any atom is -0.383 e. The molecule has 0 fully saturated rings. The molecule has 0 bridgehead atoms. The molecule has 126 valence electrons. The smallest absolute Gasteiger partial charge is 0.289 e. The van der Waals surface area contributed by atoms with Gasteiger partial charge in [0.05, 0.1) is 25.5 Å². The predicted molar refractivity (Wildman–Crippen MR) is 93.5 cm³/mol. The highest BCUT2D eigenvalue weighted by Gasteiger charge is 2.15. The Labute approximate surface area is 152 Å². The van der Waals surface area contributed by atoms with Crippen LogP contribution in [0, 0.1) is 11.6 Å². The number of carbonyl (C=O) groups excluding carboxylic acids is 1. The molecule has 4 nitrogen and oxygen atoms in total. The fraction of sp³-hybridized carbons (Fsp3) is 0.200. The van der Waals surface area contributed by atoms with Gasteiger partial charge in [0.25, 0.3) is 5.91 Å². The number of rotatable bonds is 4. The van der Waals surface area contributed by atoms with E-state index in [-0.39, 0.29) is 5.52 Å². The van der Waals surface area contributed by atoms with Gasteiger partial charge in [-0.3, -0.25) is 4.79 Å². The molecule has 0 N–H and O–H groups in total. The first kappa shape index (κ1) is 17.4. The number of hydrogen-bond donors (Lipinski definition) is 0. The highest BCUT2D eigenvalue weighted by atomic mass is 79.9. The van der Waals surface area contributed by atoms with E-state index in [0.29, 0.717) is 27.5 Å². The minimum atomic E-state index is -0.690. The number of carbonyl (C=O) groups is 1. The molecule has 0 aliphatic rings. The van der Waals surface area contributed by atoms with Gasteiger partial charge in [0.2, 0.25) is 0 Å². The molecular weight excluding hydrogens is 422 g/mol. The second-order valence-corrected chi connectivity index (χ2v) is 8.26. The van der Waals surface area contributed by atoms with Crippen LogP contribution >= 0.6 is 38.6 Å². The van der Waals surface area contributed by atoms with Crippen molar-refractivity contribution in [1.29, 1.82) is 0 Å². The highest BCUT2D eigenvalue weighted by Crippen LogP contribution is 2.24. The summed E-state index contributed by atoms with van der Waals surface area (Å²) >= 11 is 5.62. The summed E-state index contributed by atoms with van der Waals surface area (Å²) in [6.07, 6.45) is 0. The molecule has 0 saturated heterocycles. The van der Waals surface area contributed by atoms with Crippen LogP contribution in [0.15, 0.2) is 33.0 Å². The van der Waals surface area contributed by atoms with E-state index in [4.69, 9.17) is 4.74 Å². The van der Waals surface area contributed by atoms with Crippen molar-refractivity contribution < 1.29 is 18.3 Å². The molecule has 0 atom stereocenters. The van der Waals surface area contributed by atoms with Gasteiger partial charge in [0.1, 0.15) is 5.82 Å². The number of nitrogens with zero attached hydrogens (tertiary/aromatic N) is 2. The van der Waals surface area contributed by atoms with Crippen LogP contribution in [0.5, 0.6) is 0 Å². The maximum absolute atomic E-state index is 14.2. The fourth-order valence-electron chi connectivity index (χ4n) is 2.18. The Morgan fingerprint density at radius 1 is 1.33 bits per heavy atom. The number of benzene rings is 1. The quantitative estimate of drug-likeness (QED) is 0.620. The third-order valence-corrected chi connectivity index (χ3v) is 5.83. The van der Waals surface area contributed by atoms with Crippen molar-refractivity contribution in [2.75, 3.05) is 13.7 Å². The molecule has 9 heteroatoms. The van der Waals surface area contributed by atoms with Gasteiger partial charge in [0, 0.05) is 19.7 Å². The Bertz CT molecular complexity index is 978. The van der Waals surface area contributed by atoms with Crippen molar-refractivity contribution in [3.63, 3.8) is 0 Å². The van der Waals surface area contributed by atoms with E-state index < -0.39 is 17.5 Å². The number of amides is 1. The summed E-state index contributed by atoms with van der Waals surface area (Å²) < 4.78 is 35.4. The molecular formula is C15H11BrF2N2O2S2. The first-order valence-electron chi connectivity index (χ1n) is 6.81. The maximum Gasteiger partial charge on any atom is 0.289 e. The summed E-state index contributed by atoms with van der Waals surface area (Å²) in [5.41, 5.74) is 0.220. The zero-order valence-electron chi connectivity index (χ0n) is 12.4. The van der Waals surface area contributed by atoms with Gasteiger partial charge >= 0.3 is 0 Å². The topological polar surface area (TPSA) is 43.6 Å². The summed E-state index contributed by atoms with van der Waals surface area (Å²) in [6, 6.07) is 5.47. The second-order valence-electron chi connectivity index (χ2n) is 4.78. The van der Waals surface area contributed by atoms with E-state index in [1.54, 1.807) is 16.7 Å². The number of aromatic nitrogens is 1. The normalized spacial score (nSPS) is 12.2. The SMILES string of the molecule is COCCn1c(=NC(=O)c2ccc(Br)s2)sc2cc(F)cc(F)c21. The van der Waals surface area contributed by atoms with Crippen molar-refractivity contribution in [3.05, 3.63) is 49.4 Å². The van der Waals surface area contributed by atoms with Crippen molar-refractivity contribution in [3.8, 4) is 0 Å². The number of ether oxygens (including phenoxy) is 1. The van der Waals surface area contributed by atoms with Gasteiger partial charge in [0.15, 0.2) is 10.6 Å². The van der Waals surface area contributed by atoms with Crippen LogP contribution in [0.4, 0.5) is 8.78 Å². The second kappa shape index (κ2) is 7.22. The Morgan fingerprint density at radius 2 is 2.12 bits per heavy atom. The van der Waals surface area contributed by atoms with E-state index in [2.05, 4.69) is 20.9 Å². The molecule has 0 radical (unpaired) electrons. The lowest BCUT2D eigenvalue weighted by atomic mass is 10.3. The number of methoxy groups -OCH3 is 1. The lowest BCUT2D eigenvalue weighted by molar-refractivity contribution is 0.100. The van der Waals surface area contributed by atoms with Crippen LogP contribution in [-0.4, -0.2) is 24.2 Å². The molecule has 3 rings (SSSR count). The molecule has 0 spiro atoms. The first-order valence-corrected chi connectivity index (χ1v) is 9.24. The van der Waals surface area contributed by atoms with Gasteiger partial charge in [-0.05, 0) is 34.1 Å². The Balaban J connectivity index is 2.17. The lowest BCUT2D eigenvalue weighted by Gasteiger charge is -2.05. The molecule has 1 aromatic carbocycles. The van der Waals surface area contributed by atoms with Crippen molar-refractivity contribution >= 4 is 54.7 Å². The number of fused-ring (bicyclic) bond motifs is 1. The van der Waals surface area contributed by atoms with Gasteiger partial charge < -0.3 is 9.30 Å². The van der Waals surface area contributed by atoms with E-state index in [9.17, 15) is 13.6 Å². The number of thiazole rings is 1. The average molecular weight is 433 g/mol. The zero-order chi connectivity index (χ0) is 17.3. The van der Waals surface area contributed by atoms with Crippen LogP contribution in [-0.2, 0) is 11.3 Å². The lowest BCUT2D eigenvalue weighted by Crippen LogP contribution is -2.19. The summed E-state index contributed by atoms with van der Waals surface area (Å²) in [4.78, 5) is 17.2. The minimum absolute atomic E-state index is 0.220. The maximum atomic E-state index is 14.2. The molecule has 24 heavy (non-hydrogen) atoms. The molecule has 2 aromatic heterocycles. The Kier molecular flexibility index (Phi) is 5.24. The molecule has 2 heterocycles. The third-order valence-electron chi connectivity index (χ3n) is 3.20. The van der Waals surface area contributed by atoms with Crippen LogP contribution in [0.1, 0.15) is 9.67 Å². The summed E-state index contributed by atoms with van der Waals surface area (Å²) in [5, 5.41) is 0. The monoisotopic (exact) mass is 432 g/mol. The van der Waals surface area contributed by atoms with Crippen molar-refractivity contribution in [2.45, 2.75) is 6.54 Å². The molecule has 1 amide bonds. The van der Waals surface area contributed by atoms with Crippen LogP contribution in [0.25, 0.3) is 10.2 Å². The van der Waals surface area contributed by atoms with Crippen LogP contribution in [0.2, 0.25) is 0 Å². The van der Waals surface area contributed by atoms with E-state index in [1.165, 1.54) is 24.5 Å². The molecule has 0 aliphatic heterocycles. The molecule has 3 aromatic rings. The summed E-state index contributed by atoms with van der Waals surface area (Å²) in [6.45, 7) is 0.619. The van der Waals surface area contributed by atoms with Gasteiger partial charge in [-0.25, -0.2) is 8.78 Å². The number of thiophene rings is 1. The van der Waals surface area contributed by atoms with Crippen LogP contribution < -0.4 is 4.80 Å². The third kappa shape index (κ3) is 3.49. The van der Waals surface area contributed by atoms with Gasteiger partial charge in [-0.15, -0.1) is 11.3 Å². The first-order chi connectivity index (χ1) is 11.5. The predicted octanol–water partition coefficient (Wildman–Crippen LogP) is 4.19. The molecule has 0 unspecified atom stereocenters.